The number of aromatic nitrogens is 1. The van der Waals surface area contributed by atoms with E-state index in [1.165, 1.54) is 98.9 Å². The van der Waals surface area contributed by atoms with E-state index in [0.717, 1.165) is 23.7 Å². The molecule has 0 unspecified atom stereocenters. The van der Waals surface area contributed by atoms with Crippen molar-refractivity contribution in [1.29, 1.82) is 0 Å². The van der Waals surface area contributed by atoms with Crippen LogP contribution in [0.2, 0.25) is 0 Å². The average molecular weight is 695 g/mol. The summed E-state index contributed by atoms with van der Waals surface area (Å²) >= 11 is 0. The maximum absolute atomic E-state index is 2.60. The van der Waals surface area contributed by atoms with E-state index < -0.39 is 0 Å². The molecule has 260 valence electrons. The normalized spacial score (nSPS) is 23.3. The zero-order valence-corrected chi connectivity index (χ0v) is 30.4. The molecule has 7 aromatic carbocycles. The number of fused-ring (bicyclic) bond motifs is 6. The first kappa shape index (κ1) is 30.6. The van der Waals surface area contributed by atoms with Crippen LogP contribution in [0.3, 0.4) is 0 Å². The highest BCUT2D eigenvalue weighted by molar-refractivity contribution is 6.11. The first-order valence-electron chi connectivity index (χ1n) is 20.0. The summed E-state index contributed by atoms with van der Waals surface area (Å²) < 4.78 is 2.45. The molecule has 0 radical (unpaired) electrons. The lowest BCUT2D eigenvalue weighted by Gasteiger charge is -2.61. The maximum Gasteiger partial charge on any atom is 0.0561 e. The van der Waals surface area contributed by atoms with Gasteiger partial charge < -0.3 is 9.47 Å². The lowest BCUT2D eigenvalue weighted by molar-refractivity contribution is -0.0399. The second-order valence-electron chi connectivity index (χ2n) is 16.5. The smallest absolute Gasteiger partial charge is 0.0561 e. The van der Waals surface area contributed by atoms with E-state index in [2.05, 4.69) is 179 Å². The minimum absolute atomic E-state index is 0.101. The highest BCUT2D eigenvalue weighted by atomic mass is 15.2. The fourth-order valence-electron chi connectivity index (χ4n) is 12.3. The van der Waals surface area contributed by atoms with E-state index in [4.69, 9.17) is 0 Å². The van der Waals surface area contributed by atoms with Crippen LogP contribution in [-0.4, -0.2) is 4.57 Å². The van der Waals surface area contributed by atoms with Crippen molar-refractivity contribution in [3.63, 3.8) is 0 Å². The fraction of sp³-hybridized carbons (Fsp3) is 0.192. The topological polar surface area (TPSA) is 8.17 Å². The molecule has 0 amide bonds. The fourth-order valence-corrected chi connectivity index (χ4v) is 12.3. The molecule has 1 heterocycles. The van der Waals surface area contributed by atoms with Crippen LogP contribution < -0.4 is 4.90 Å². The van der Waals surface area contributed by atoms with E-state index in [0.29, 0.717) is 0 Å². The van der Waals surface area contributed by atoms with Gasteiger partial charge in [0.2, 0.25) is 0 Å². The summed E-state index contributed by atoms with van der Waals surface area (Å²) in [6.07, 6.45) is 6.99. The lowest BCUT2D eigenvalue weighted by Crippen LogP contribution is -2.55. The van der Waals surface area contributed by atoms with Gasteiger partial charge in [-0.1, -0.05) is 127 Å². The molecular formula is C52H42N2. The summed E-state index contributed by atoms with van der Waals surface area (Å²) in [6.45, 7) is 0. The standard InChI is InChI=1S/C52H42N2/c1-3-14-36(15-4-1)41-18-8-11-23-47(41)54(40-26-27-43-42-19-9-12-24-48(42)53(50(43)33-40)39-16-5-2-6-17-39)49-25-13-22-46-51(49)44-20-7-10-21-45(44)52(46)37-29-34-28-35(31-37)32-38(52)30-34/h1-27,33-35,37-38H,28-32H2. The summed E-state index contributed by atoms with van der Waals surface area (Å²) in [6, 6.07) is 63.7. The van der Waals surface area contributed by atoms with Crippen LogP contribution in [0.25, 0.3) is 49.7 Å². The molecule has 0 saturated heterocycles. The Morgan fingerprint density at radius 2 is 1.07 bits per heavy atom. The second kappa shape index (κ2) is 11.6. The molecule has 0 aliphatic heterocycles. The number of benzene rings is 7. The quantitative estimate of drug-likeness (QED) is 0.174. The predicted molar refractivity (Wildman–Crippen MR) is 224 cm³/mol. The minimum atomic E-state index is 0.101. The molecule has 1 aromatic heterocycles. The first-order valence-corrected chi connectivity index (χ1v) is 20.0. The summed E-state index contributed by atoms with van der Waals surface area (Å²) in [7, 11) is 0. The Kier molecular flexibility index (Phi) is 6.55. The number of rotatable bonds is 5. The van der Waals surface area contributed by atoms with Crippen molar-refractivity contribution >= 4 is 38.9 Å². The van der Waals surface area contributed by atoms with Gasteiger partial charge in [0.1, 0.15) is 0 Å². The SMILES string of the molecule is c1ccc(-c2ccccc2N(c2ccc3c4ccccc4n(-c4ccccc4)c3c2)c2cccc3c2-c2ccccc2C32C3CC4CC(C3)CC2C4)cc1. The lowest BCUT2D eigenvalue weighted by atomic mass is 9.43. The zero-order valence-electron chi connectivity index (χ0n) is 30.4. The monoisotopic (exact) mass is 694 g/mol. The second-order valence-corrected chi connectivity index (χ2v) is 16.5. The molecule has 4 bridgehead atoms. The highest BCUT2D eigenvalue weighted by Gasteiger charge is 2.61. The number of hydrogen-bond donors (Lipinski definition) is 0. The predicted octanol–water partition coefficient (Wildman–Crippen LogP) is 13.6. The van der Waals surface area contributed by atoms with Crippen molar-refractivity contribution in [3.8, 4) is 27.9 Å². The Morgan fingerprint density at radius 3 is 1.87 bits per heavy atom. The van der Waals surface area contributed by atoms with Crippen LogP contribution in [0.4, 0.5) is 17.1 Å². The van der Waals surface area contributed by atoms with Crippen LogP contribution >= 0.6 is 0 Å². The van der Waals surface area contributed by atoms with Gasteiger partial charge in [-0.2, -0.15) is 0 Å². The number of hydrogen-bond acceptors (Lipinski definition) is 1. The van der Waals surface area contributed by atoms with Gasteiger partial charge in [-0.15, -0.1) is 0 Å². The number of para-hydroxylation sites is 3. The van der Waals surface area contributed by atoms with Gasteiger partial charge in [0.15, 0.2) is 0 Å². The van der Waals surface area contributed by atoms with Gasteiger partial charge in [-0.3, -0.25) is 0 Å². The Labute approximate surface area is 317 Å². The van der Waals surface area contributed by atoms with Crippen molar-refractivity contribution in [1.82, 2.24) is 4.57 Å². The van der Waals surface area contributed by atoms with E-state index >= 15 is 0 Å². The Bertz CT molecular complexity index is 2710. The van der Waals surface area contributed by atoms with Crippen molar-refractivity contribution in [2.45, 2.75) is 37.5 Å². The summed E-state index contributed by atoms with van der Waals surface area (Å²) in [5, 5.41) is 2.54. The van der Waals surface area contributed by atoms with Gasteiger partial charge in [-0.25, -0.2) is 0 Å². The molecule has 2 heteroatoms. The average Bonchev–Trinajstić information content (AvgIpc) is 3.72. The van der Waals surface area contributed by atoms with Crippen LogP contribution in [0, 0.1) is 23.7 Å². The molecule has 5 aliphatic carbocycles. The molecule has 4 fully saturated rings. The third kappa shape index (κ3) is 4.17. The molecule has 8 aromatic rings. The van der Waals surface area contributed by atoms with Gasteiger partial charge in [0.05, 0.1) is 22.4 Å². The Balaban J connectivity index is 1.16. The summed E-state index contributed by atoms with van der Waals surface area (Å²) in [5.41, 5.74) is 15.9. The van der Waals surface area contributed by atoms with E-state index in [1.807, 2.05) is 0 Å². The molecular weight excluding hydrogens is 653 g/mol. The molecule has 54 heavy (non-hydrogen) atoms. The highest BCUT2D eigenvalue weighted by Crippen LogP contribution is 2.70. The summed E-state index contributed by atoms with van der Waals surface area (Å²) in [4.78, 5) is 2.60. The third-order valence-corrected chi connectivity index (χ3v) is 14.0. The van der Waals surface area contributed by atoms with E-state index in [-0.39, 0.29) is 5.41 Å². The minimum Gasteiger partial charge on any atom is -0.309 e. The van der Waals surface area contributed by atoms with Crippen molar-refractivity contribution in [2.75, 3.05) is 4.90 Å². The van der Waals surface area contributed by atoms with Gasteiger partial charge >= 0.3 is 0 Å². The number of anilines is 3. The van der Waals surface area contributed by atoms with Crippen molar-refractivity contribution < 1.29 is 0 Å². The molecule has 4 saturated carbocycles. The van der Waals surface area contributed by atoms with Crippen LogP contribution in [0.5, 0.6) is 0 Å². The van der Waals surface area contributed by atoms with Gasteiger partial charge in [0.25, 0.3) is 0 Å². The third-order valence-electron chi connectivity index (χ3n) is 14.0. The number of nitrogens with zero attached hydrogens (tertiary/aromatic N) is 2. The Morgan fingerprint density at radius 1 is 0.463 bits per heavy atom. The Hall–Kier alpha value is -5.86. The van der Waals surface area contributed by atoms with Gasteiger partial charge in [-0.05, 0) is 120 Å². The molecule has 2 nitrogen and oxygen atoms in total. The largest absolute Gasteiger partial charge is 0.309 e. The zero-order chi connectivity index (χ0) is 35.4. The molecule has 0 N–H and O–H groups in total. The summed E-state index contributed by atoms with van der Waals surface area (Å²) in [5.74, 6) is 3.26. The first-order chi connectivity index (χ1) is 26.8. The molecule has 1 spiro atoms. The molecule has 13 rings (SSSR count). The van der Waals surface area contributed by atoms with Crippen LogP contribution in [0.1, 0.15) is 43.2 Å². The van der Waals surface area contributed by atoms with E-state index in [1.54, 1.807) is 11.1 Å². The van der Waals surface area contributed by atoms with Crippen molar-refractivity contribution in [2.24, 2.45) is 23.7 Å². The molecule has 0 atom stereocenters. The van der Waals surface area contributed by atoms with Crippen LogP contribution in [-0.2, 0) is 5.41 Å². The molecule has 5 aliphatic rings. The van der Waals surface area contributed by atoms with Crippen molar-refractivity contribution in [3.05, 3.63) is 181 Å². The van der Waals surface area contributed by atoms with Gasteiger partial charge in [0, 0.05) is 38.7 Å². The maximum atomic E-state index is 2.60. The van der Waals surface area contributed by atoms with Crippen LogP contribution in [0.15, 0.2) is 170 Å². The van der Waals surface area contributed by atoms with E-state index in [9.17, 15) is 0 Å².